The molecule has 2 N–H and O–H groups in total. The molecule has 0 aromatic heterocycles. The van der Waals surface area contributed by atoms with E-state index in [-0.39, 0.29) is 0 Å². The summed E-state index contributed by atoms with van der Waals surface area (Å²) in [5.41, 5.74) is 0. The van der Waals surface area contributed by atoms with Crippen LogP contribution in [0.15, 0.2) is 0 Å². The van der Waals surface area contributed by atoms with E-state index in [1.807, 2.05) is 0 Å². The standard InChI is InChI=1S/C8H14FO7P/c1-15-17(14,16-2)4-5(7(10)11)3-6(9)8(12)13/h5-6H,3-4H2,1-2H3,(H,10,11)(H,12,13). The second-order valence-corrected chi connectivity index (χ2v) is 5.55. The summed E-state index contributed by atoms with van der Waals surface area (Å²) in [4.78, 5) is 21.0. The van der Waals surface area contributed by atoms with E-state index in [1.165, 1.54) is 0 Å². The van der Waals surface area contributed by atoms with Gasteiger partial charge in [0.15, 0.2) is 6.17 Å². The lowest BCUT2D eigenvalue weighted by Gasteiger charge is -2.18. The van der Waals surface area contributed by atoms with Crippen LogP contribution in [-0.2, 0) is 23.2 Å². The summed E-state index contributed by atoms with van der Waals surface area (Å²) in [6.45, 7) is 0. The molecule has 7 nitrogen and oxygen atoms in total. The summed E-state index contributed by atoms with van der Waals surface area (Å²) in [7, 11) is -1.49. The van der Waals surface area contributed by atoms with Crippen LogP contribution in [0.25, 0.3) is 0 Å². The Morgan fingerprint density at radius 3 is 2.00 bits per heavy atom. The summed E-state index contributed by atoms with van der Waals surface area (Å²) in [5, 5.41) is 17.1. The maximum atomic E-state index is 12.9. The van der Waals surface area contributed by atoms with E-state index >= 15 is 0 Å². The minimum atomic E-state index is -3.62. The molecule has 0 heterocycles. The average Bonchev–Trinajstić information content (AvgIpc) is 2.27. The van der Waals surface area contributed by atoms with Gasteiger partial charge in [-0.2, -0.15) is 0 Å². The number of hydrogen-bond donors (Lipinski definition) is 2. The Morgan fingerprint density at radius 2 is 1.71 bits per heavy atom. The largest absolute Gasteiger partial charge is 0.481 e. The van der Waals surface area contributed by atoms with Gasteiger partial charge < -0.3 is 19.3 Å². The van der Waals surface area contributed by atoms with Crippen LogP contribution in [0.4, 0.5) is 4.39 Å². The number of carboxylic acid groups (broad SMARTS) is 2. The lowest BCUT2D eigenvalue weighted by atomic mass is 10.1. The van der Waals surface area contributed by atoms with Crippen molar-refractivity contribution in [2.75, 3.05) is 20.4 Å². The average molecular weight is 272 g/mol. The molecule has 2 unspecified atom stereocenters. The molecule has 0 saturated heterocycles. The zero-order valence-electron chi connectivity index (χ0n) is 9.33. The Hall–Kier alpha value is -0.980. The van der Waals surface area contributed by atoms with Gasteiger partial charge in [-0.25, -0.2) is 9.18 Å². The lowest BCUT2D eigenvalue weighted by molar-refractivity contribution is -0.146. The predicted molar refractivity (Wildman–Crippen MR) is 54.8 cm³/mol. The van der Waals surface area contributed by atoms with Gasteiger partial charge in [0.25, 0.3) is 0 Å². The van der Waals surface area contributed by atoms with Gasteiger partial charge in [-0.3, -0.25) is 9.36 Å². The van der Waals surface area contributed by atoms with Crippen LogP contribution in [0, 0.1) is 5.92 Å². The van der Waals surface area contributed by atoms with Gasteiger partial charge in [-0.1, -0.05) is 0 Å². The van der Waals surface area contributed by atoms with Crippen molar-refractivity contribution in [1.82, 2.24) is 0 Å². The molecule has 0 amide bonds. The molecule has 0 radical (unpaired) electrons. The van der Waals surface area contributed by atoms with E-state index in [0.29, 0.717) is 0 Å². The Balaban J connectivity index is 4.71. The number of carboxylic acids is 2. The topological polar surface area (TPSA) is 110 Å². The zero-order valence-corrected chi connectivity index (χ0v) is 10.2. The van der Waals surface area contributed by atoms with Crippen LogP contribution in [0.3, 0.4) is 0 Å². The molecule has 0 aliphatic heterocycles. The van der Waals surface area contributed by atoms with E-state index < -0.39 is 44.2 Å². The van der Waals surface area contributed by atoms with E-state index in [9.17, 15) is 18.5 Å². The van der Waals surface area contributed by atoms with Gasteiger partial charge in [-0.15, -0.1) is 0 Å². The number of alkyl halides is 1. The van der Waals surface area contributed by atoms with Crippen molar-refractivity contribution in [2.45, 2.75) is 12.6 Å². The molecule has 9 heteroatoms. The Labute approximate surface area is 97.1 Å². The van der Waals surface area contributed by atoms with Crippen LogP contribution in [0.2, 0.25) is 0 Å². The highest BCUT2D eigenvalue weighted by Gasteiger charge is 2.34. The molecular formula is C8H14FO7P. The third-order valence-corrected chi connectivity index (χ3v) is 4.11. The van der Waals surface area contributed by atoms with Gasteiger partial charge in [-0.05, 0) is 0 Å². The van der Waals surface area contributed by atoms with Crippen molar-refractivity contribution in [3.8, 4) is 0 Å². The summed E-state index contributed by atoms with van der Waals surface area (Å²) in [5.74, 6) is -4.67. The molecular weight excluding hydrogens is 258 g/mol. The quantitative estimate of drug-likeness (QED) is 0.634. The fourth-order valence-corrected chi connectivity index (χ4v) is 2.39. The summed E-state index contributed by atoms with van der Waals surface area (Å²) in [6, 6.07) is 0. The van der Waals surface area contributed by atoms with Gasteiger partial charge in [0, 0.05) is 20.6 Å². The van der Waals surface area contributed by atoms with Crippen LogP contribution in [0.1, 0.15) is 6.42 Å². The van der Waals surface area contributed by atoms with Crippen molar-refractivity contribution < 1.29 is 37.8 Å². The van der Waals surface area contributed by atoms with E-state index in [0.717, 1.165) is 14.2 Å². The third kappa shape index (κ3) is 5.25. The highest BCUT2D eigenvalue weighted by atomic mass is 31.2. The fraction of sp³-hybridized carbons (Fsp3) is 0.750. The van der Waals surface area contributed by atoms with Crippen molar-refractivity contribution in [3.05, 3.63) is 0 Å². The Morgan fingerprint density at radius 1 is 1.24 bits per heavy atom. The van der Waals surface area contributed by atoms with Crippen LogP contribution >= 0.6 is 7.60 Å². The van der Waals surface area contributed by atoms with Gasteiger partial charge in [0.1, 0.15) is 0 Å². The molecule has 0 spiro atoms. The molecule has 0 aromatic rings. The van der Waals surface area contributed by atoms with Gasteiger partial charge >= 0.3 is 19.5 Å². The number of hydrogen-bond acceptors (Lipinski definition) is 5. The van der Waals surface area contributed by atoms with Gasteiger partial charge in [0.05, 0.1) is 12.1 Å². The maximum absolute atomic E-state index is 12.9. The molecule has 2 atom stereocenters. The minimum Gasteiger partial charge on any atom is -0.481 e. The van der Waals surface area contributed by atoms with Crippen molar-refractivity contribution >= 4 is 19.5 Å². The molecule has 17 heavy (non-hydrogen) atoms. The predicted octanol–water partition coefficient (Wildman–Crippen LogP) is 0.986. The van der Waals surface area contributed by atoms with Gasteiger partial charge in [0.2, 0.25) is 0 Å². The van der Waals surface area contributed by atoms with Crippen molar-refractivity contribution in [1.29, 1.82) is 0 Å². The Kier molecular flexibility index (Phi) is 6.30. The molecule has 0 saturated carbocycles. The lowest BCUT2D eigenvalue weighted by Crippen LogP contribution is -2.26. The Bertz CT molecular complexity index is 324. The van der Waals surface area contributed by atoms with Crippen molar-refractivity contribution in [3.63, 3.8) is 0 Å². The molecule has 100 valence electrons. The monoisotopic (exact) mass is 272 g/mol. The van der Waals surface area contributed by atoms with E-state index in [1.54, 1.807) is 0 Å². The summed E-state index contributed by atoms with van der Waals surface area (Å²) >= 11 is 0. The number of rotatable bonds is 8. The normalized spacial score (nSPS) is 15.2. The first-order valence-corrected chi connectivity index (χ1v) is 6.28. The molecule has 0 rings (SSSR count). The highest BCUT2D eigenvalue weighted by molar-refractivity contribution is 7.53. The zero-order chi connectivity index (χ0) is 13.6. The third-order valence-electron chi connectivity index (χ3n) is 2.11. The van der Waals surface area contributed by atoms with Crippen LogP contribution < -0.4 is 0 Å². The van der Waals surface area contributed by atoms with Crippen LogP contribution in [-0.4, -0.2) is 48.7 Å². The maximum Gasteiger partial charge on any atom is 0.338 e. The minimum absolute atomic E-state index is 0.580. The second-order valence-electron chi connectivity index (χ2n) is 3.24. The molecule has 0 fully saturated rings. The fourth-order valence-electron chi connectivity index (χ4n) is 1.10. The van der Waals surface area contributed by atoms with E-state index in [4.69, 9.17) is 10.2 Å². The van der Waals surface area contributed by atoms with E-state index in [2.05, 4.69) is 9.05 Å². The first-order valence-electron chi connectivity index (χ1n) is 4.56. The molecule has 0 aromatic carbocycles. The molecule has 0 bridgehead atoms. The first kappa shape index (κ1) is 16.0. The number of aliphatic carboxylic acids is 2. The van der Waals surface area contributed by atoms with Crippen LogP contribution in [0.5, 0.6) is 0 Å². The number of halogens is 1. The van der Waals surface area contributed by atoms with Crippen molar-refractivity contribution in [2.24, 2.45) is 5.92 Å². The highest BCUT2D eigenvalue weighted by Crippen LogP contribution is 2.48. The first-order chi connectivity index (χ1) is 7.75. The molecule has 0 aliphatic rings. The summed E-state index contributed by atoms with van der Waals surface area (Å²) in [6.07, 6.45) is -3.71. The SMILES string of the molecule is COP(=O)(CC(CC(F)C(=O)O)C(=O)O)OC. The second kappa shape index (κ2) is 6.68. The summed E-state index contributed by atoms with van der Waals surface area (Å²) < 4.78 is 33.5. The number of carbonyl (C=O) groups is 2. The smallest absolute Gasteiger partial charge is 0.338 e. The molecule has 0 aliphatic carbocycles.